The summed E-state index contributed by atoms with van der Waals surface area (Å²) in [4.78, 5) is 30.3. The lowest BCUT2D eigenvalue weighted by molar-refractivity contribution is -0.139. The molecule has 0 radical (unpaired) electrons. The molecule has 3 N–H and O–H groups in total. The fraction of sp³-hybridized carbons (Fsp3) is 0.171. The molecule has 5 aromatic rings. The highest BCUT2D eigenvalue weighted by Gasteiger charge is 2.37. The SMILES string of the molecule is Cc1cccn2cc(COC(=O)/C=C/[C@@H](N)CCC(=O)NC(c3ccccc3)(c3ccccc3)c3ccccc3)nc12. The third-order valence-corrected chi connectivity index (χ3v) is 7.22. The van der Waals surface area contributed by atoms with Crippen LogP contribution in [0, 0.1) is 6.92 Å². The van der Waals surface area contributed by atoms with E-state index in [4.69, 9.17) is 10.5 Å². The van der Waals surface area contributed by atoms with Gasteiger partial charge in [-0.3, -0.25) is 4.79 Å². The molecule has 1 amide bonds. The number of aromatic nitrogens is 2. The summed E-state index contributed by atoms with van der Waals surface area (Å²) >= 11 is 0. The average Bonchev–Trinajstić information content (AvgIpc) is 3.46. The van der Waals surface area contributed by atoms with Gasteiger partial charge in [-0.2, -0.15) is 0 Å². The van der Waals surface area contributed by atoms with Crippen molar-refractivity contribution in [1.82, 2.24) is 14.7 Å². The smallest absolute Gasteiger partial charge is 0.330 e. The van der Waals surface area contributed by atoms with Crippen molar-refractivity contribution in [2.75, 3.05) is 0 Å². The Hall–Kier alpha value is -5.01. The summed E-state index contributed by atoms with van der Waals surface area (Å²) in [7, 11) is 0. The number of esters is 1. The summed E-state index contributed by atoms with van der Waals surface area (Å²) < 4.78 is 7.25. The first-order valence-corrected chi connectivity index (χ1v) is 14.0. The molecule has 1 atom stereocenters. The highest BCUT2D eigenvalue weighted by atomic mass is 16.5. The van der Waals surface area contributed by atoms with Crippen molar-refractivity contribution in [3.05, 3.63) is 156 Å². The number of carbonyl (C=O) groups excluding carboxylic acids is 2. The first-order chi connectivity index (χ1) is 20.5. The highest BCUT2D eigenvalue weighted by Crippen LogP contribution is 2.36. The topological polar surface area (TPSA) is 98.7 Å². The summed E-state index contributed by atoms with van der Waals surface area (Å²) in [5.74, 6) is -0.667. The fourth-order valence-corrected chi connectivity index (χ4v) is 5.12. The highest BCUT2D eigenvalue weighted by molar-refractivity contribution is 5.82. The van der Waals surface area contributed by atoms with Crippen LogP contribution >= 0.6 is 0 Å². The molecule has 0 aliphatic rings. The number of rotatable bonds is 11. The Morgan fingerprint density at radius 2 is 1.48 bits per heavy atom. The third kappa shape index (κ3) is 6.48. The van der Waals surface area contributed by atoms with Crippen LogP contribution in [-0.4, -0.2) is 27.3 Å². The van der Waals surface area contributed by atoms with E-state index in [0.29, 0.717) is 12.1 Å². The molecule has 212 valence electrons. The lowest BCUT2D eigenvalue weighted by Gasteiger charge is -2.37. The lowest BCUT2D eigenvalue weighted by atomic mass is 9.77. The molecule has 0 saturated heterocycles. The van der Waals surface area contributed by atoms with E-state index in [1.165, 1.54) is 6.08 Å². The minimum atomic E-state index is -0.888. The Labute approximate surface area is 245 Å². The quantitative estimate of drug-likeness (QED) is 0.127. The average molecular weight is 559 g/mol. The number of nitrogens with one attached hydrogen (secondary N) is 1. The van der Waals surface area contributed by atoms with Crippen LogP contribution in [0.5, 0.6) is 0 Å². The number of aryl methyl sites for hydroxylation is 1. The second-order valence-electron chi connectivity index (χ2n) is 10.2. The predicted octanol–water partition coefficient (Wildman–Crippen LogP) is 5.46. The number of nitrogens with two attached hydrogens (primary N) is 1. The van der Waals surface area contributed by atoms with Crippen LogP contribution in [0.4, 0.5) is 0 Å². The van der Waals surface area contributed by atoms with Gasteiger partial charge in [0.2, 0.25) is 5.91 Å². The van der Waals surface area contributed by atoms with E-state index in [1.807, 2.05) is 127 Å². The van der Waals surface area contributed by atoms with E-state index < -0.39 is 17.6 Å². The van der Waals surface area contributed by atoms with E-state index in [0.717, 1.165) is 27.9 Å². The Balaban J connectivity index is 1.23. The Kier molecular flexibility index (Phi) is 8.90. The van der Waals surface area contributed by atoms with Crippen LogP contribution in [0.2, 0.25) is 0 Å². The van der Waals surface area contributed by atoms with Gasteiger partial charge in [0.15, 0.2) is 0 Å². The number of amides is 1. The van der Waals surface area contributed by atoms with E-state index in [9.17, 15) is 9.59 Å². The maximum atomic E-state index is 13.5. The number of benzene rings is 3. The molecule has 42 heavy (non-hydrogen) atoms. The summed E-state index contributed by atoms with van der Waals surface area (Å²) in [6.45, 7) is 2.04. The van der Waals surface area contributed by atoms with Gasteiger partial charge in [-0.25, -0.2) is 9.78 Å². The maximum absolute atomic E-state index is 13.5. The van der Waals surface area contributed by atoms with Crippen LogP contribution in [0.3, 0.4) is 0 Å². The monoisotopic (exact) mass is 558 g/mol. The normalized spacial score (nSPS) is 12.3. The van der Waals surface area contributed by atoms with Gasteiger partial charge in [-0.05, 0) is 41.7 Å². The van der Waals surface area contributed by atoms with Gasteiger partial charge in [0.1, 0.15) is 17.8 Å². The minimum absolute atomic E-state index is 0.0580. The molecule has 0 saturated carbocycles. The van der Waals surface area contributed by atoms with Crippen LogP contribution in [0.1, 0.15) is 40.8 Å². The van der Waals surface area contributed by atoms with Gasteiger partial charge in [-0.15, -0.1) is 0 Å². The Bertz CT molecular complexity index is 1570. The maximum Gasteiger partial charge on any atom is 0.330 e. The number of pyridine rings is 1. The van der Waals surface area contributed by atoms with Gasteiger partial charge in [0, 0.05) is 30.9 Å². The van der Waals surface area contributed by atoms with Gasteiger partial charge >= 0.3 is 5.97 Å². The summed E-state index contributed by atoms with van der Waals surface area (Å²) in [6, 6.07) is 33.2. The summed E-state index contributed by atoms with van der Waals surface area (Å²) in [5.41, 5.74) is 10.7. The van der Waals surface area contributed by atoms with Crippen LogP contribution in [0.15, 0.2) is 128 Å². The molecule has 7 nitrogen and oxygen atoms in total. The number of ether oxygens (including phenoxy) is 1. The van der Waals surface area contributed by atoms with Crippen molar-refractivity contribution in [3.63, 3.8) is 0 Å². The Morgan fingerprint density at radius 3 is 2.02 bits per heavy atom. The second-order valence-corrected chi connectivity index (χ2v) is 10.2. The zero-order valence-electron chi connectivity index (χ0n) is 23.5. The molecule has 7 heteroatoms. The molecule has 5 rings (SSSR count). The fourth-order valence-electron chi connectivity index (χ4n) is 5.12. The van der Waals surface area contributed by atoms with Crippen LogP contribution < -0.4 is 11.1 Å². The molecular formula is C35H34N4O3. The zero-order chi connectivity index (χ0) is 29.4. The molecule has 0 unspecified atom stereocenters. The zero-order valence-corrected chi connectivity index (χ0v) is 23.5. The molecule has 2 heterocycles. The molecule has 0 spiro atoms. The van der Waals surface area contributed by atoms with Gasteiger partial charge < -0.3 is 20.2 Å². The van der Waals surface area contributed by atoms with Gasteiger partial charge in [0.05, 0.1) is 5.69 Å². The van der Waals surface area contributed by atoms with Gasteiger partial charge in [-0.1, -0.05) is 103 Å². The first kappa shape index (κ1) is 28.5. The molecule has 0 aliphatic heterocycles. The van der Waals surface area contributed by atoms with E-state index in [-0.39, 0.29) is 18.9 Å². The third-order valence-electron chi connectivity index (χ3n) is 7.22. The van der Waals surface area contributed by atoms with Crippen molar-refractivity contribution in [3.8, 4) is 0 Å². The van der Waals surface area contributed by atoms with E-state index in [2.05, 4.69) is 10.3 Å². The predicted molar refractivity (Wildman–Crippen MR) is 163 cm³/mol. The largest absolute Gasteiger partial charge is 0.456 e. The summed E-state index contributed by atoms with van der Waals surface area (Å²) in [5, 5.41) is 3.33. The number of carbonyl (C=O) groups is 2. The number of hydrogen-bond acceptors (Lipinski definition) is 5. The molecule has 2 aromatic heterocycles. The minimum Gasteiger partial charge on any atom is -0.456 e. The Morgan fingerprint density at radius 1 is 0.905 bits per heavy atom. The van der Waals surface area contributed by atoms with E-state index in [1.54, 1.807) is 6.08 Å². The molecule has 0 aliphatic carbocycles. The number of imidazole rings is 1. The van der Waals surface area contributed by atoms with Crippen molar-refractivity contribution in [2.45, 2.75) is 38.0 Å². The number of hydrogen-bond donors (Lipinski definition) is 2. The van der Waals surface area contributed by atoms with Crippen molar-refractivity contribution in [2.24, 2.45) is 5.73 Å². The number of fused-ring (bicyclic) bond motifs is 1. The van der Waals surface area contributed by atoms with Crippen molar-refractivity contribution < 1.29 is 14.3 Å². The lowest BCUT2D eigenvalue weighted by Crippen LogP contribution is -2.48. The van der Waals surface area contributed by atoms with Crippen LogP contribution in [0.25, 0.3) is 5.65 Å². The van der Waals surface area contributed by atoms with Gasteiger partial charge in [0.25, 0.3) is 0 Å². The first-order valence-electron chi connectivity index (χ1n) is 14.0. The number of nitrogens with zero attached hydrogens (tertiary/aromatic N) is 2. The molecule has 3 aromatic carbocycles. The molecule has 0 fully saturated rings. The molecular weight excluding hydrogens is 524 g/mol. The molecule has 0 bridgehead atoms. The van der Waals surface area contributed by atoms with E-state index >= 15 is 0 Å². The van der Waals surface area contributed by atoms with Crippen molar-refractivity contribution >= 4 is 17.5 Å². The van der Waals surface area contributed by atoms with Crippen LogP contribution in [-0.2, 0) is 26.5 Å². The van der Waals surface area contributed by atoms with Crippen molar-refractivity contribution in [1.29, 1.82) is 0 Å². The summed E-state index contributed by atoms with van der Waals surface area (Å²) in [6.07, 6.45) is 7.16. The second kappa shape index (κ2) is 13.1. The standard InChI is InChI=1S/C35H34N4O3/c1-26-12-11-23-39-24-31(37-34(26)39)25-42-33(41)22-20-30(36)19-21-32(40)38-35(27-13-5-2-6-14-27,28-15-7-3-8-16-28)29-17-9-4-10-18-29/h2-18,20,22-24,30H,19,21,25,36H2,1H3,(H,38,40)/b22-20+/t30-/m0/s1.